The van der Waals surface area contributed by atoms with Crippen LogP contribution in [0.2, 0.25) is 0 Å². The van der Waals surface area contributed by atoms with Crippen molar-refractivity contribution in [3.05, 3.63) is 92.0 Å². The first-order valence-electron chi connectivity index (χ1n) is 8.33. The van der Waals surface area contributed by atoms with Crippen molar-refractivity contribution >= 4 is 11.4 Å². The minimum atomic E-state index is -0.568. The van der Waals surface area contributed by atoms with Gasteiger partial charge in [0.1, 0.15) is 0 Å². The summed E-state index contributed by atoms with van der Waals surface area (Å²) in [5.41, 5.74) is 2.02. The monoisotopic (exact) mass is 380 g/mol. The molecule has 3 rings (SSSR count). The molecule has 0 spiro atoms. The van der Waals surface area contributed by atoms with Crippen LogP contribution in [-0.4, -0.2) is 20.1 Å². The van der Waals surface area contributed by atoms with Gasteiger partial charge < -0.3 is 10.2 Å². The lowest BCUT2D eigenvalue weighted by molar-refractivity contribution is -0.385. The van der Waals surface area contributed by atoms with E-state index in [1.54, 1.807) is 30.3 Å². The van der Waals surface area contributed by atoms with Crippen molar-refractivity contribution in [2.45, 2.75) is 13.2 Å². The lowest BCUT2D eigenvalue weighted by atomic mass is 9.89. The Morgan fingerprint density at radius 3 is 2.04 bits per heavy atom. The van der Waals surface area contributed by atoms with Gasteiger partial charge in [-0.3, -0.25) is 20.2 Å². The van der Waals surface area contributed by atoms with Crippen LogP contribution in [-0.2, 0) is 13.2 Å². The summed E-state index contributed by atoms with van der Waals surface area (Å²) in [6.07, 6.45) is 0. The smallest absolute Gasteiger partial charge is 0.277 e. The number of nitro groups is 2. The van der Waals surface area contributed by atoms with Crippen molar-refractivity contribution in [3.8, 4) is 22.3 Å². The number of nitro benzene ring substituents is 2. The number of non-ortho nitro benzene ring substituents is 1. The fraction of sp³-hybridized carbons (Fsp3) is 0.100. The first-order chi connectivity index (χ1) is 13.5. The van der Waals surface area contributed by atoms with Gasteiger partial charge in [-0.05, 0) is 39.9 Å². The first kappa shape index (κ1) is 19.2. The molecule has 0 amide bonds. The number of hydrogen-bond donors (Lipinski definition) is 2. The molecule has 8 heteroatoms. The average molecular weight is 380 g/mol. The molecule has 0 aromatic heterocycles. The lowest BCUT2D eigenvalue weighted by Crippen LogP contribution is -2.02. The number of nitrogens with zero attached hydrogens (tertiary/aromatic N) is 2. The van der Waals surface area contributed by atoms with E-state index in [2.05, 4.69) is 0 Å². The number of aliphatic hydroxyl groups is 2. The fourth-order valence-electron chi connectivity index (χ4n) is 3.22. The number of aliphatic hydroxyl groups excluding tert-OH is 2. The van der Waals surface area contributed by atoms with Gasteiger partial charge in [0.25, 0.3) is 11.4 Å². The second kappa shape index (κ2) is 7.95. The molecule has 0 aliphatic carbocycles. The highest BCUT2D eigenvalue weighted by molar-refractivity contribution is 5.85. The zero-order valence-electron chi connectivity index (χ0n) is 14.6. The molecule has 3 aromatic carbocycles. The zero-order chi connectivity index (χ0) is 20.3. The van der Waals surface area contributed by atoms with Gasteiger partial charge in [-0.15, -0.1) is 0 Å². The molecule has 0 saturated carbocycles. The summed E-state index contributed by atoms with van der Waals surface area (Å²) in [6.45, 7) is -0.942. The van der Waals surface area contributed by atoms with Gasteiger partial charge >= 0.3 is 0 Å². The van der Waals surface area contributed by atoms with Crippen LogP contribution in [0.5, 0.6) is 0 Å². The third-order valence-corrected chi connectivity index (χ3v) is 4.47. The van der Waals surface area contributed by atoms with Gasteiger partial charge in [0.05, 0.1) is 28.6 Å². The van der Waals surface area contributed by atoms with Crippen LogP contribution in [0.25, 0.3) is 22.3 Å². The Morgan fingerprint density at radius 1 is 0.786 bits per heavy atom. The SMILES string of the molecule is O=[N+]([O-])c1ccc(-c2ccc([N+](=O)[O-])c(-c3ccccc3)c2CO)c(CO)c1. The predicted molar refractivity (Wildman–Crippen MR) is 102 cm³/mol. The minimum absolute atomic E-state index is 0.161. The van der Waals surface area contributed by atoms with E-state index >= 15 is 0 Å². The molecular formula is C20H16N2O6. The Morgan fingerprint density at radius 2 is 1.46 bits per heavy atom. The molecule has 0 radical (unpaired) electrons. The van der Waals surface area contributed by atoms with E-state index < -0.39 is 23.1 Å². The molecule has 0 unspecified atom stereocenters. The standard InChI is InChI=1S/C20H16N2O6/c23-11-14-10-15(21(25)26)6-7-16(14)17-8-9-19(22(27)28)20(18(17)12-24)13-4-2-1-3-5-13/h1-10,23-24H,11-12H2. The van der Waals surface area contributed by atoms with E-state index in [1.165, 1.54) is 30.3 Å². The summed E-state index contributed by atoms with van der Waals surface area (Å²) in [5.74, 6) is 0. The van der Waals surface area contributed by atoms with Gasteiger partial charge in [-0.1, -0.05) is 30.3 Å². The normalized spacial score (nSPS) is 10.6. The van der Waals surface area contributed by atoms with Crippen molar-refractivity contribution in [3.63, 3.8) is 0 Å². The van der Waals surface area contributed by atoms with Crippen LogP contribution in [0.15, 0.2) is 60.7 Å². The van der Waals surface area contributed by atoms with Crippen molar-refractivity contribution in [1.82, 2.24) is 0 Å². The van der Waals surface area contributed by atoms with Crippen molar-refractivity contribution in [2.75, 3.05) is 0 Å². The number of hydrogen-bond acceptors (Lipinski definition) is 6. The third kappa shape index (κ3) is 3.46. The van der Waals surface area contributed by atoms with E-state index in [1.807, 2.05) is 0 Å². The second-order valence-corrected chi connectivity index (χ2v) is 6.02. The first-order valence-corrected chi connectivity index (χ1v) is 8.33. The highest BCUT2D eigenvalue weighted by Crippen LogP contribution is 2.40. The van der Waals surface area contributed by atoms with Crippen LogP contribution in [0.1, 0.15) is 11.1 Å². The molecule has 28 heavy (non-hydrogen) atoms. The molecule has 0 aliphatic rings. The third-order valence-electron chi connectivity index (χ3n) is 4.47. The van der Waals surface area contributed by atoms with Crippen LogP contribution >= 0.6 is 0 Å². The molecular weight excluding hydrogens is 364 g/mol. The van der Waals surface area contributed by atoms with E-state index in [0.717, 1.165) is 0 Å². The van der Waals surface area contributed by atoms with Crippen LogP contribution in [0.3, 0.4) is 0 Å². The van der Waals surface area contributed by atoms with E-state index in [-0.39, 0.29) is 22.5 Å². The van der Waals surface area contributed by atoms with Crippen LogP contribution < -0.4 is 0 Å². The fourth-order valence-corrected chi connectivity index (χ4v) is 3.22. The summed E-state index contributed by atoms with van der Waals surface area (Å²) in [4.78, 5) is 21.5. The van der Waals surface area contributed by atoms with Crippen LogP contribution in [0, 0.1) is 20.2 Å². The molecule has 0 atom stereocenters. The Kier molecular flexibility index (Phi) is 5.44. The summed E-state index contributed by atoms with van der Waals surface area (Å²) in [7, 11) is 0. The molecule has 0 fully saturated rings. The van der Waals surface area contributed by atoms with Crippen molar-refractivity contribution in [2.24, 2.45) is 0 Å². The molecule has 3 aromatic rings. The Balaban J connectivity index is 2.32. The molecule has 0 bridgehead atoms. The highest BCUT2D eigenvalue weighted by Gasteiger charge is 2.24. The van der Waals surface area contributed by atoms with E-state index in [0.29, 0.717) is 22.3 Å². The Labute approximate surface area is 159 Å². The quantitative estimate of drug-likeness (QED) is 0.494. The lowest BCUT2D eigenvalue weighted by Gasteiger charge is -2.16. The van der Waals surface area contributed by atoms with Gasteiger partial charge in [0.15, 0.2) is 0 Å². The highest BCUT2D eigenvalue weighted by atomic mass is 16.6. The zero-order valence-corrected chi connectivity index (χ0v) is 14.6. The molecule has 0 saturated heterocycles. The Hall–Kier alpha value is -3.62. The van der Waals surface area contributed by atoms with Gasteiger partial charge in [-0.25, -0.2) is 0 Å². The van der Waals surface area contributed by atoms with Crippen molar-refractivity contribution < 1.29 is 20.1 Å². The van der Waals surface area contributed by atoms with Gasteiger partial charge in [-0.2, -0.15) is 0 Å². The van der Waals surface area contributed by atoms with Gasteiger partial charge in [0.2, 0.25) is 0 Å². The average Bonchev–Trinajstić information content (AvgIpc) is 2.72. The maximum Gasteiger partial charge on any atom is 0.277 e. The number of benzene rings is 3. The topological polar surface area (TPSA) is 127 Å². The maximum absolute atomic E-state index is 11.6. The molecule has 0 heterocycles. The summed E-state index contributed by atoms with van der Waals surface area (Å²) in [6, 6.07) is 15.5. The summed E-state index contributed by atoms with van der Waals surface area (Å²) in [5, 5.41) is 42.3. The van der Waals surface area contributed by atoms with Crippen molar-refractivity contribution in [1.29, 1.82) is 0 Å². The predicted octanol–water partition coefficient (Wildman–Crippen LogP) is 3.82. The van der Waals surface area contributed by atoms with E-state index in [4.69, 9.17) is 0 Å². The molecule has 142 valence electrons. The summed E-state index contributed by atoms with van der Waals surface area (Å²) >= 11 is 0. The largest absolute Gasteiger partial charge is 0.392 e. The number of rotatable bonds is 6. The minimum Gasteiger partial charge on any atom is -0.392 e. The van der Waals surface area contributed by atoms with Crippen LogP contribution in [0.4, 0.5) is 11.4 Å². The summed E-state index contributed by atoms with van der Waals surface area (Å²) < 4.78 is 0. The van der Waals surface area contributed by atoms with Gasteiger partial charge in [0, 0.05) is 18.2 Å². The second-order valence-electron chi connectivity index (χ2n) is 6.02. The maximum atomic E-state index is 11.6. The van der Waals surface area contributed by atoms with E-state index in [9.17, 15) is 30.4 Å². The molecule has 8 nitrogen and oxygen atoms in total. The Bertz CT molecular complexity index is 1050. The molecule has 2 N–H and O–H groups in total. The molecule has 0 aliphatic heterocycles.